The SMILES string of the molecule is CCc1ccc(S(=O)(=O)N2CCCC(C(=O)c3ccc(F)cc3)C2)s1. The van der Waals surface area contributed by atoms with Gasteiger partial charge in [0.15, 0.2) is 5.78 Å². The molecule has 4 nitrogen and oxygen atoms in total. The fourth-order valence-electron chi connectivity index (χ4n) is 3.04. The molecule has 0 N–H and O–H groups in total. The normalized spacial score (nSPS) is 19.0. The first kappa shape index (κ1) is 18.2. The highest BCUT2D eigenvalue weighted by atomic mass is 32.2. The van der Waals surface area contributed by atoms with Crippen LogP contribution in [0.15, 0.2) is 40.6 Å². The maximum atomic E-state index is 13.0. The number of sulfonamides is 1. The number of carbonyl (C=O) groups is 1. The van der Waals surface area contributed by atoms with Crippen molar-refractivity contribution in [1.82, 2.24) is 4.31 Å². The van der Waals surface area contributed by atoms with E-state index in [0.717, 1.165) is 11.3 Å². The van der Waals surface area contributed by atoms with E-state index in [1.54, 1.807) is 6.07 Å². The molecule has 0 amide bonds. The summed E-state index contributed by atoms with van der Waals surface area (Å²) in [7, 11) is -3.57. The van der Waals surface area contributed by atoms with E-state index in [4.69, 9.17) is 0 Å². The van der Waals surface area contributed by atoms with Crippen molar-refractivity contribution in [3.8, 4) is 0 Å². The van der Waals surface area contributed by atoms with Gasteiger partial charge in [0.05, 0.1) is 0 Å². The van der Waals surface area contributed by atoms with E-state index < -0.39 is 15.8 Å². The smallest absolute Gasteiger partial charge is 0.252 e. The lowest BCUT2D eigenvalue weighted by atomic mass is 9.91. The van der Waals surface area contributed by atoms with Crippen LogP contribution in [0.25, 0.3) is 0 Å². The Labute approximate surface area is 151 Å². The Morgan fingerprint density at radius 3 is 2.60 bits per heavy atom. The van der Waals surface area contributed by atoms with Crippen LogP contribution in [-0.2, 0) is 16.4 Å². The van der Waals surface area contributed by atoms with Crippen molar-refractivity contribution in [3.63, 3.8) is 0 Å². The topological polar surface area (TPSA) is 54.5 Å². The lowest BCUT2D eigenvalue weighted by Gasteiger charge is -2.30. The molecular weight excluding hydrogens is 361 g/mol. The van der Waals surface area contributed by atoms with E-state index in [0.29, 0.717) is 29.2 Å². The van der Waals surface area contributed by atoms with Crippen molar-refractivity contribution in [2.75, 3.05) is 13.1 Å². The van der Waals surface area contributed by atoms with E-state index in [2.05, 4.69) is 0 Å². The molecule has 0 aliphatic carbocycles. The van der Waals surface area contributed by atoms with Gasteiger partial charge in [0.1, 0.15) is 10.0 Å². The van der Waals surface area contributed by atoms with E-state index in [1.165, 1.54) is 39.9 Å². The second kappa shape index (κ2) is 7.35. The molecule has 0 saturated carbocycles. The summed E-state index contributed by atoms with van der Waals surface area (Å²) in [6, 6.07) is 8.90. The molecule has 25 heavy (non-hydrogen) atoms. The molecule has 1 aliphatic rings. The van der Waals surface area contributed by atoms with Crippen molar-refractivity contribution >= 4 is 27.1 Å². The van der Waals surface area contributed by atoms with Crippen LogP contribution in [0.1, 0.15) is 35.0 Å². The molecule has 1 aromatic heterocycles. The van der Waals surface area contributed by atoms with Gasteiger partial charge in [-0.05, 0) is 55.7 Å². The summed E-state index contributed by atoms with van der Waals surface area (Å²) >= 11 is 1.28. The van der Waals surface area contributed by atoms with Crippen molar-refractivity contribution in [2.24, 2.45) is 5.92 Å². The summed E-state index contributed by atoms with van der Waals surface area (Å²) in [5, 5.41) is 0. The molecule has 1 saturated heterocycles. The third-order valence-corrected chi connectivity index (χ3v) is 8.03. The van der Waals surface area contributed by atoms with Crippen LogP contribution in [0.4, 0.5) is 4.39 Å². The maximum absolute atomic E-state index is 13.0. The van der Waals surface area contributed by atoms with Crippen molar-refractivity contribution in [2.45, 2.75) is 30.4 Å². The quantitative estimate of drug-likeness (QED) is 0.742. The number of benzene rings is 1. The second-order valence-corrected chi connectivity index (χ2v) is 9.48. The third kappa shape index (κ3) is 3.83. The van der Waals surface area contributed by atoms with E-state index in [9.17, 15) is 17.6 Å². The summed E-state index contributed by atoms with van der Waals surface area (Å²) in [6.07, 6.45) is 2.08. The standard InChI is InChI=1S/C18H20FNO3S2/c1-2-16-9-10-17(24-16)25(22,23)20-11-3-4-14(12-20)18(21)13-5-7-15(19)8-6-13/h5-10,14H,2-4,11-12H2,1H3. The highest BCUT2D eigenvalue weighted by Crippen LogP contribution is 2.29. The van der Waals surface area contributed by atoms with Gasteiger partial charge in [-0.2, -0.15) is 4.31 Å². The third-order valence-electron chi connectivity index (χ3n) is 4.46. The number of rotatable bonds is 5. The minimum Gasteiger partial charge on any atom is -0.294 e. The lowest BCUT2D eigenvalue weighted by Crippen LogP contribution is -2.42. The zero-order chi connectivity index (χ0) is 18.0. The number of hydrogen-bond acceptors (Lipinski definition) is 4. The van der Waals surface area contributed by atoms with Crippen LogP contribution in [-0.4, -0.2) is 31.6 Å². The molecule has 0 spiro atoms. The molecular formula is C18H20FNO3S2. The summed E-state index contributed by atoms with van der Waals surface area (Å²) in [5.74, 6) is -0.909. The highest BCUT2D eigenvalue weighted by Gasteiger charge is 2.34. The first-order valence-electron chi connectivity index (χ1n) is 8.30. The predicted octanol–water partition coefficient (Wildman–Crippen LogP) is 3.73. The Morgan fingerprint density at radius 2 is 1.96 bits per heavy atom. The van der Waals surface area contributed by atoms with Gasteiger partial charge in [-0.3, -0.25) is 4.79 Å². The van der Waals surface area contributed by atoms with Crippen molar-refractivity contribution in [3.05, 3.63) is 52.7 Å². The molecule has 0 bridgehead atoms. The van der Waals surface area contributed by atoms with Crippen LogP contribution in [0.5, 0.6) is 0 Å². The molecule has 1 aliphatic heterocycles. The van der Waals surface area contributed by atoms with Gasteiger partial charge in [-0.25, -0.2) is 12.8 Å². The number of piperidine rings is 1. The Bertz CT molecular complexity index is 859. The van der Waals surface area contributed by atoms with Gasteiger partial charge < -0.3 is 0 Å². The van der Waals surface area contributed by atoms with Crippen molar-refractivity contribution < 1.29 is 17.6 Å². The molecule has 0 radical (unpaired) electrons. The number of Topliss-reactive ketones (excluding diaryl/α,β-unsaturated/α-hetero) is 1. The molecule has 7 heteroatoms. The van der Waals surface area contributed by atoms with Gasteiger partial charge in [0.2, 0.25) is 0 Å². The number of aryl methyl sites for hydroxylation is 1. The van der Waals surface area contributed by atoms with Crippen molar-refractivity contribution in [1.29, 1.82) is 0 Å². The average molecular weight is 381 g/mol. The molecule has 1 unspecified atom stereocenters. The van der Waals surface area contributed by atoms with E-state index in [1.807, 2.05) is 13.0 Å². The fraction of sp³-hybridized carbons (Fsp3) is 0.389. The fourth-order valence-corrected chi connectivity index (χ4v) is 6.01. The first-order chi connectivity index (χ1) is 11.9. The molecule has 3 rings (SSSR count). The summed E-state index contributed by atoms with van der Waals surface area (Å²) < 4.78 is 40.5. The number of thiophene rings is 1. The van der Waals surface area contributed by atoms with Gasteiger partial charge in [0, 0.05) is 29.4 Å². The largest absolute Gasteiger partial charge is 0.294 e. The zero-order valence-electron chi connectivity index (χ0n) is 13.9. The number of ketones is 1. The van der Waals surface area contributed by atoms with Crippen LogP contribution >= 0.6 is 11.3 Å². The highest BCUT2D eigenvalue weighted by molar-refractivity contribution is 7.91. The monoisotopic (exact) mass is 381 g/mol. The Hall–Kier alpha value is -1.57. The van der Waals surface area contributed by atoms with Gasteiger partial charge in [-0.15, -0.1) is 11.3 Å². The van der Waals surface area contributed by atoms with Crippen LogP contribution in [0.2, 0.25) is 0 Å². The minimum absolute atomic E-state index is 0.125. The lowest BCUT2D eigenvalue weighted by molar-refractivity contribution is 0.0872. The van der Waals surface area contributed by atoms with E-state index in [-0.39, 0.29) is 18.2 Å². The predicted molar refractivity (Wildman–Crippen MR) is 95.9 cm³/mol. The Balaban J connectivity index is 1.78. The summed E-state index contributed by atoms with van der Waals surface area (Å²) in [4.78, 5) is 13.7. The van der Waals surface area contributed by atoms with Crippen LogP contribution in [0.3, 0.4) is 0 Å². The first-order valence-corrected chi connectivity index (χ1v) is 10.6. The molecule has 1 fully saturated rings. The second-order valence-electron chi connectivity index (χ2n) is 6.15. The molecule has 1 atom stereocenters. The molecule has 1 aromatic carbocycles. The molecule has 2 aromatic rings. The Kier molecular flexibility index (Phi) is 5.36. The number of hydrogen-bond donors (Lipinski definition) is 0. The van der Waals surface area contributed by atoms with E-state index >= 15 is 0 Å². The number of nitrogens with zero attached hydrogens (tertiary/aromatic N) is 1. The maximum Gasteiger partial charge on any atom is 0.252 e. The summed E-state index contributed by atoms with van der Waals surface area (Å²) in [6.45, 7) is 2.59. The molecule has 134 valence electrons. The average Bonchev–Trinajstić information content (AvgIpc) is 3.12. The Morgan fingerprint density at radius 1 is 1.24 bits per heavy atom. The van der Waals surface area contributed by atoms with Gasteiger partial charge in [-0.1, -0.05) is 6.92 Å². The summed E-state index contributed by atoms with van der Waals surface area (Å²) in [5.41, 5.74) is 0.426. The number of halogens is 1. The van der Waals surface area contributed by atoms with Gasteiger partial charge >= 0.3 is 0 Å². The number of carbonyl (C=O) groups excluding carboxylic acids is 1. The molecule has 2 heterocycles. The van der Waals surface area contributed by atoms with Gasteiger partial charge in [0.25, 0.3) is 10.0 Å². The van der Waals surface area contributed by atoms with Crippen LogP contribution in [0, 0.1) is 11.7 Å². The zero-order valence-corrected chi connectivity index (χ0v) is 15.6. The minimum atomic E-state index is -3.57. The van der Waals surface area contributed by atoms with Crippen LogP contribution < -0.4 is 0 Å².